The number of hydrogen-bond donors (Lipinski definition) is 1. The zero-order valence-corrected chi connectivity index (χ0v) is 7.93. The van der Waals surface area contributed by atoms with Crippen LogP contribution in [0.25, 0.3) is 0 Å². The Bertz CT molecular complexity index is 116. The number of aliphatic hydroxyl groups excluding tert-OH is 1. The second kappa shape index (κ2) is 6.26. The minimum Gasteiger partial charge on any atom is -0.516 e. The molecule has 0 spiro atoms. The SMILES string of the molecule is CCCC(=CO)CC(C)CC. The van der Waals surface area contributed by atoms with Gasteiger partial charge in [0.15, 0.2) is 0 Å². The van der Waals surface area contributed by atoms with Crippen molar-refractivity contribution < 1.29 is 5.11 Å². The normalized spacial score (nSPS) is 15.0. The molecule has 11 heavy (non-hydrogen) atoms. The van der Waals surface area contributed by atoms with Crippen molar-refractivity contribution in [1.82, 2.24) is 0 Å². The Kier molecular flexibility index (Phi) is 6.00. The number of allylic oxidation sites excluding steroid dienone is 1. The molecule has 0 aliphatic carbocycles. The number of hydrogen-bond acceptors (Lipinski definition) is 1. The molecule has 0 aliphatic heterocycles. The van der Waals surface area contributed by atoms with E-state index in [4.69, 9.17) is 5.11 Å². The molecule has 0 aliphatic rings. The summed E-state index contributed by atoms with van der Waals surface area (Å²) in [5.41, 5.74) is 1.20. The van der Waals surface area contributed by atoms with Crippen LogP contribution in [-0.2, 0) is 0 Å². The van der Waals surface area contributed by atoms with Crippen molar-refractivity contribution in [3.8, 4) is 0 Å². The summed E-state index contributed by atoms with van der Waals surface area (Å²) in [6.07, 6.45) is 5.71. The van der Waals surface area contributed by atoms with Crippen LogP contribution in [0.4, 0.5) is 0 Å². The molecule has 1 nitrogen and oxygen atoms in total. The molecule has 0 fully saturated rings. The van der Waals surface area contributed by atoms with E-state index in [0.717, 1.165) is 19.3 Å². The molecule has 0 saturated heterocycles. The molecule has 0 aromatic heterocycles. The van der Waals surface area contributed by atoms with Crippen molar-refractivity contribution in [2.24, 2.45) is 5.92 Å². The van der Waals surface area contributed by atoms with Gasteiger partial charge in [0.2, 0.25) is 0 Å². The molecule has 1 unspecified atom stereocenters. The van der Waals surface area contributed by atoms with Crippen LogP contribution < -0.4 is 0 Å². The van der Waals surface area contributed by atoms with E-state index in [0.29, 0.717) is 5.92 Å². The van der Waals surface area contributed by atoms with Crippen molar-refractivity contribution in [3.63, 3.8) is 0 Å². The molecule has 66 valence electrons. The maximum atomic E-state index is 8.84. The Balaban J connectivity index is 3.69. The molecule has 0 aromatic carbocycles. The Labute approximate surface area is 70.1 Å². The van der Waals surface area contributed by atoms with E-state index in [1.54, 1.807) is 0 Å². The average Bonchev–Trinajstić information content (AvgIpc) is 2.03. The highest BCUT2D eigenvalue weighted by molar-refractivity contribution is 4.97. The first kappa shape index (κ1) is 10.5. The summed E-state index contributed by atoms with van der Waals surface area (Å²) >= 11 is 0. The summed E-state index contributed by atoms with van der Waals surface area (Å²) in [6, 6.07) is 0. The molecular formula is C10H20O. The highest BCUT2D eigenvalue weighted by Crippen LogP contribution is 2.17. The van der Waals surface area contributed by atoms with Crippen LogP contribution in [0.1, 0.15) is 46.5 Å². The van der Waals surface area contributed by atoms with Gasteiger partial charge in [-0.25, -0.2) is 0 Å². The van der Waals surface area contributed by atoms with Gasteiger partial charge < -0.3 is 5.11 Å². The molecule has 1 heteroatoms. The van der Waals surface area contributed by atoms with Crippen LogP contribution in [-0.4, -0.2) is 5.11 Å². The average molecular weight is 156 g/mol. The van der Waals surface area contributed by atoms with Gasteiger partial charge in [-0.3, -0.25) is 0 Å². The zero-order chi connectivity index (χ0) is 8.69. The van der Waals surface area contributed by atoms with Crippen molar-refractivity contribution in [2.75, 3.05) is 0 Å². The summed E-state index contributed by atoms with van der Waals surface area (Å²) in [6.45, 7) is 6.55. The van der Waals surface area contributed by atoms with Crippen molar-refractivity contribution in [2.45, 2.75) is 46.5 Å². The van der Waals surface area contributed by atoms with E-state index in [-0.39, 0.29) is 0 Å². The van der Waals surface area contributed by atoms with E-state index in [9.17, 15) is 0 Å². The summed E-state index contributed by atoms with van der Waals surface area (Å²) in [5.74, 6) is 0.708. The van der Waals surface area contributed by atoms with E-state index < -0.39 is 0 Å². The van der Waals surface area contributed by atoms with Gasteiger partial charge in [-0.1, -0.05) is 33.6 Å². The predicted octanol–water partition coefficient (Wildman–Crippen LogP) is 3.66. The molecule has 0 aromatic rings. The van der Waals surface area contributed by atoms with E-state index in [2.05, 4.69) is 20.8 Å². The first-order valence-electron chi connectivity index (χ1n) is 4.56. The molecule has 0 heterocycles. The summed E-state index contributed by atoms with van der Waals surface area (Å²) in [7, 11) is 0. The third kappa shape index (κ3) is 4.88. The number of aliphatic hydroxyl groups is 1. The lowest BCUT2D eigenvalue weighted by Crippen LogP contribution is -1.95. The van der Waals surface area contributed by atoms with Gasteiger partial charge in [0.05, 0.1) is 6.26 Å². The highest BCUT2D eigenvalue weighted by atomic mass is 16.2. The van der Waals surface area contributed by atoms with Crippen molar-refractivity contribution in [1.29, 1.82) is 0 Å². The fourth-order valence-electron chi connectivity index (χ4n) is 1.13. The van der Waals surface area contributed by atoms with Crippen LogP contribution in [0.3, 0.4) is 0 Å². The Morgan fingerprint density at radius 1 is 1.45 bits per heavy atom. The molecule has 1 N–H and O–H groups in total. The lowest BCUT2D eigenvalue weighted by Gasteiger charge is -2.09. The van der Waals surface area contributed by atoms with Crippen LogP contribution >= 0.6 is 0 Å². The molecule has 1 atom stereocenters. The largest absolute Gasteiger partial charge is 0.516 e. The predicted molar refractivity (Wildman–Crippen MR) is 49.7 cm³/mol. The van der Waals surface area contributed by atoms with Crippen LogP contribution in [0, 0.1) is 5.92 Å². The van der Waals surface area contributed by atoms with Crippen molar-refractivity contribution in [3.05, 3.63) is 11.8 Å². The summed E-state index contributed by atoms with van der Waals surface area (Å²) in [4.78, 5) is 0. The fraction of sp³-hybridized carbons (Fsp3) is 0.800. The van der Waals surface area contributed by atoms with Gasteiger partial charge in [-0.15, -0.1) is 0 Å². The fourth-order valence-corrected chi connectivity index (χ4v) is 1.13. The highest BCUT2D eigenvalue weighted by Gasteiger charge is 2.02. The lowest BCUT2D eigenvalue weighted by molar-refractivity contribution is 0.448. The maximum Gasteiger partial charge on any atom is 0.0783 e. The van der Waals surface area contributed by atoms with Gasteiger partial charge in [0.25, 0.3) is 0 Å². The topological polar surface area (TPSA) is 20.2 Å². The first-order chi connectivity index (χ1) is 5.24. The van der Waals surface area contributed by atoms with Gasteiger partial charge in [-0.05, 0) is 24.3 Å². The molecule has 0 rings (SSSR count). The Morgan fingerprint density at radius 2 is 2.09 bits per heavy atom. The smallest absolute Gasteiger partial charge is 0.0783 e. The molecule has 0 amide bonds. The van der Waals surface area contributed by atoms with Crippen molar-refractivity contribution >= 4 is 0 Å². The zero-order valence-electron chi connectivity index (χ0n) is 7.93. The van der Waals surface area contributed by atoms with Gasteiger partial charge in [-0.2, -0.15) is 0 Å². The summed E-state index contributed by atoms with van der Waals surface area (Å²) < 4.78 is 0. The third-order valence-electron chi connectivity index (χ3n) is 2.06. The quantitative estimate of drug-likeness (QED) is 0.602. The molecule has 0 radical (unpaired) electrons. The van der Waals surface area contributed by atoms with Crippen LogP contribution in [0.15, 0.2) is 11.8 Å². The monoisotopic (exact) mass is 156 g/mol. The van der Waals surface area contributed by atoms with E-state index >= 15 is 0 Å². The van der Waals surface area contributed by atoms with Crippen LogP contribution in [0.5, 0.6) is 0 Å². The Morgan fingerprint density at radius 3 is 2.45 bits per heavy atom. The standard InChI is InChI=1S/C10H20O/c1-4-6-10(8-11)7-9(3)5-2/h8-9,11H,4-7H2,1-3H3. The third-order valence-corrected chi connectivity index (χ3v) is 2.06. The van der Waals surface area contributed by atoms with Gasteiger partial charge in [0, 0.05) is 0 Å². The molecule has 0 saturated carbocycles. The second-order valence-electron chi connectivity index (χ2n) is 3.25. The maximum absolute atomic E-state index is 8.84. The van der Waals surface area contributed by atoms with E-state index in [1.165, 1.54) is 18.3 Å². The van der Waals surface area contributed by atoms with E-state index in [1.807, 2.05) is 0 Å². The first-order valence-corrected chi connectivity index (χ1v) is 4.56. The number of rotatable bonds is 5. The Hall–Kier alpha value is -0.460. The van der Waals surface area contributed by atoms with Gasteiger partial charge in [0.1, 0.15) is 0 Å². The minimum absolute atomic E-state index is 0.708. The lowest BCUT2D eigenvalue weighted by atomic mass is 9.97. The molecular weight excluding hydrogens is 136 g/mol. The van der Waals surface area contributed by atoms with Crippen LogP contribution in [0.2, 0.25) is 0 Å². The molecule has 0 bridgehead atoms. The summed E-state index contributed by atoms with van der Waals surface area (Å²) in [5, 5.41) is 8.84. The van der Waals surface area contributed by atoms with Gasteiger partial charge >= 0.3 is 0 Å². The second-order valence-corrected chi connectivity index (χ2v) is 3.25. The minimum atomic E-state index is 0.708.